The number of anilines is 2. The fourth-order valence-electron chi connectivity index (χ4n) is 3.42. The first kappa shape index (κ1) is 23.5. The first-order valence-electron chi connectivity index (χ1n) is 11.5. The van der Waals surface area contributed by atoms with E-state index < -0.39 is 0 Å². The van der Waals surface area contributed by atoms with E-state index in [4.69, 9.17) is 23.9 Å². The summed E-state index contributed by atoms with van der Waals surface area (Å²) in [4.78, 5) is 9.35. The zero-order valence-corrected chi connectivity index (χ0v) is 19.6. The van der Waals surface area contributed by atoms with E-state index in [9.17, 15) is 0 Å². The minimum Gasteiger partial charge on any atom is -0.487 e. The molecular weight excluding hydrogens is 432 g/mol. The maximum absolute atomic E-state index is 6.00. The molecule has 0 radical (unpaired) electrons. The van der Waals surface area contributed by atoms with Gasteiger partial charge in [-0.3, -0.25) is 4.40 Å². The minimum atomic E-state index is 0.423. The van der Waals surface area contributed by atoms with E-state index in [-0.39, 0.29) is 0 Å². The molecule has 178 valence electrons. The molecule has 0 fully saturated rings. The molecule has 0 aliphatic carbocycles. The molecule has 0 aliphatic rings. The van der Waals surface area contributed by atoms with Crippen LogP contribution in [0.25, 0.3) is 16.9 Å². The summed E-state index contributed by atoms with van der Waals surface area (Å²) in [6.45, 7) is 7.10. The van der Waals surface area contributed by atoms with Crippen LogP contribution in [0.5, 0.6) is 11.5 Å². The number of aromatic nitrogens is 3. The molecule has 2 heterocycles. The minimum absolute atomic E-state index is 0.423. The van der Waals surface area contributed by atoms with Gasteiger partial charge in [-0.15, -0.1) is 0 Å². The summed E-state index contributed by atoms with van der Waals surface area (Å²) in [5, 5.41) is 3.38. The quantitative estimate of drug-likeness (QED) is 0.281. The lowest BCUT2D eigenvalue weighted by atomic mass is 10.1. The van der Waals surface area contributed by atoms with E-state index >= 15 is 0 Å². The van der Waals surface area contributed by atoms with Gasteiger partial charge in [0.05, 0.1) is 18.9 Å². The Balaban J connectivity index is 1.63. The van der Waals surface area contributed by atoms with Crippen molar-refractivity contribution in [1.82, 2.24) is 14.4 Å². The van der Waals surface area contributed by atoms with Gasteiger partial charge in [-0.05, 0) is 44.2 Å². The van der Waals surface area contributed by atoms with Crippen molar-refractivity contribution in [3.63, 3.8) is 0 Å². The third-order valence-corrected chi connectivity index (χ3v) is 5.04. The van der Waals surface area contributed by atoms with Crippen LogP contribution in [0.3, 0.4) is 0 Å². The van der Waals surface area contributed by atoms with Gasteiger partial charge in [-0.1, -0.05) is 18.2 Å². The van der Waals surface area contributed by atoms with Crippen LogP contribution in [-0.2, 0) is 9.47 Å². The molecule has 0 aliphatic heterocycles. The number of rotatable bonds is 13. The first-order valence-corrected chi connectivity index (χ1v) is 11.5. The normalized spacial score (nSPS) is 11.0. The molecule has 0 unspecified atom stereocenters. The molecule has 34 heavy (non-hydrogen) atoms. The van der Waals surface area contributed by atoms with Crippen LogP contribution >= 0.6 is 0 Å². The molecule has 2 aromatic carbocycles. The maximum atomic E-state index is 6.00. The Morgan fingerprint density at radius 3 is 2.29 bits per heavy atom. The smallest absolute Gasteiger partial charge is 0.213 e. The van der Waals surface area contributed by atoms with Gasteiger partial charge in [0.1, 0.15) is 18.9 Å². The Morgan fingerprint density at radius 1 is 0.824 bits per heavy atom. The van der Waals surface area contributed by atoms with Crippen molar-refractivity contribution in [3.8, 4) is 22.8 Å². The molecule has 0 saturated heterocycles. The van der Waals surface area contributed by atoms with Crippen LogP contribution in [-0.4, -0.2) is 54.0 Å². The van der Waals surface area contributed by atoms with E-state index in [2.05, 4.69) is 10.3 Å². The highest BCUT2D eigenvalue weighted by molar-refractivity contribution is 5.70. The van der Waals surface area contributed by atoms with Crippen molar-refractivity contribution in [3.05, 3.63) is 67.0 Å². The SMILES string of the molecule is CCOCCOc1ccc(-c2cc3nccn3c(Nc3ccccc3)n2)cc1OCCOCC. The highest BCUT2D eigenvalue weighted by Crippen LogP contribution is 2.33. The average molecular weight is 463 g/mol. The predicted octanol–water partition coefficient (Wildman–Crippen LogP) is 4.97. The maximum Gasteiger partial charge on any atom is 0.213 e. The molecule has 1 N–H and O–H groups in total. The first-order chi connectivity index (χ1) is 16.8. The molecule has 0 saturated carbocycles. The summed E-state index contributed by atoms with van der Waals surface area (Å²) >= 11 is 0. The van der Waals surface area contributed by atoms with Gasteiger partial charge in [-0.2, -0.15) is 0 Å². The Hall–Kier alpha value is -3.62. The zero-order chi connectivity index (χ0) is 23.6. The van der Waals surface area contributed by atoms with Crippen molar-refractivity contribution < 1.29 is 18.9 Å². The molecule has 0 amide bonds. The molecule has 0 bridgehead atoms. The Kier molecular flexibility index (Phi) is 8.32. The Labute approximate surface area is 199 Å². The number of hydrogen-bond acceptors (Lipinski definition) is 7. The fourth-order valence-corrected chi connectivity index (χ4v) is 3.42. The second-order valence-electron chi connectivity index (χ2n) is 7.36. The topological polar surface area (TPSA) is 79.1 Å². The highest BCUT2D eigenvalue weighted by Gasteiger charge is 2.13. The lowest BCUT2D eigenvalue weighted by molar-refractivity contribution is 0.0999. The molecule has 8 nitrogen and oxygen atoms in total. The van der Waals surface area contributed by atoms with Gasteiger partial charge in [0.2, 0.25) is 5.95 Å². The van der Waals surface area contributed by atoms with Crippen molar-refractivity contribution in [2.75, 3.05) is 45.0 Å². The molecule has 2 aromatic heterocycles. The summed E-state index contributed by atoms with van der Waals surface area (Å²) in [5.74, 6) is 1.97. The number of imidazole rings is 1. The Bertz CT molecular complexity index is 1180. The second kappa shape index (κ2) is 12.0. The van der Waals surface area contributed by atoms with E-state index in [1.807, 2.05) is 79.0 Å². The summed E-state index contributed by atoms with van der Waals surface area (Å²) in [5.41, 5.74) is 3.40. The number of fused-ring (bicyclic) bond motifs is 1. The third kappa shape index (κ3) is 6.03. The average Bonchev–Trinajstić information content (AvgIpc) is 3.35. The second-order valence-corrected chi connectivity index (χ2v) is 7.36. The predicted molar refractivity (Wildman–Crippen MR) is 132 cm³/mol. The summed E-state index contributed by atoms with van der Waals surface area (Å²) in [6.07, 6.45) is 3.64. The molecule has 4 rings (SSSR count). The monoisotopic (exact) mass is 462 g/mol. The largest absolute Gasteiger partial charge is 0.487 e. The highest BCUT2D eigenvalue weighted by atomic mass is 16.6. The van der Waals surface area contributed by atoms with Crippen LogP contribution in [0.15, 0.2) is 67.0 Å². The number of para-hydroxylation sites is 1. The van der Waals surface area contributed by atoms with Crippen molar-refractivity contribution in [2.45, 2.75) is 13.8 Å². The van der Waals surface area contributed by atoms with E-state index in [0.29, 0.717) is 57.1 Å². The number of hydrogen-bond donors (Lipinski definition) is 1. The summed E-state index contributed by atoms with van der Waals surface area (Å²) in [7, 11) is 0. The molecule has 0 atom stereocenters. The summed E-state index contributed by atoms with van der Waals surface area (Å²) < 4.78 is 24.6. The van der Waals surface area contributed by atoms with Crippen LogP contribution in [0.4, 0.5) is 11.6 Å². The van der Waals surface area contributed by atoms with Gasteiger partial charge in [0.25, 0.3) is 0 Å². The van der Waals surface area contributed by atoms with Crippen molar-refractivity contribution >= 4 is 17.3 Å². The number of ether oxygens (including phenoxy) is 4. The van der Waals surface area contributed by atoms with Crippen molar-refractivity contribution in [2.24, 2.45) is 0 Å². The molecule has 4 aromatic rings. The number of nitrogens with zero attached hydrogens (tertiary/aromatic N) is 3. The van der Waals surface area contributed by atoms with E-state index in [1.54, 1.807) is 6.20 Å². The van der Waals surface area contributed by atoms with Gasteiger partial charge in [0.15, 0.2) is 11.5 Å². The zero-order valence-electron chi connectivity index (χ0n) is 19.6. The van der Waals surface area contributed by atoms with Crippen LogP contribution in [0.2, 0.25) is 0 Å². The number of nitrogens with one attached hydrogen (secondary N) is 1. The number of benzene rings is 2. The van der Waals surface area contributed by atoms with Gasteiger partial charge in [-0.25, -0.2) is 9.97 Å². The standard InChI is InChI=1S/C26H30N4O4/c1-3-31-14-16-33-23-11-10-20(18-24(23)34-17-15-32-4-2)22-19-25-27-12-13-30(25)26(29-22)28-21-8-6-5-7-9-21/h5-13,18-19H,3-4,14-17H2,1-2H3,(H,28,29). The van der Waals surface area contributed by atoms with Crippen LogP contribution in [0, 0.1) is 0 Å². The van der Waals surface area contributed by atoms with Crippen molar-refractivity contribution in [1.29, 1.82) is 0 Å². The van der Waals surface area contributed by atoms with Crippen LogP contribution in [0.1, 0.15) is 13.8 Å². The van der Waals surface area contributed by atoms with Gasteiger partial charge >= 0.3 is 0 Å². The van der Waals surface area contributed by atoms with Gasteiger partial charge < -0.3 is 24.3 Å². The molecule has 0 spiro atoms. The lowest BCUT2D eigenvalue weighted by Crippen LogP contribution is -2.10. The molecular formula is C26H30N4O4. The third-order valence-electron chi connectivity index (χ3n) is 5.04. The van der Waals surface area contributed by atoms with E-state index in [1.165, 1.54) is 0 Å². The lowest BCUT2D eigenvalue weighted by Gasteiger charge is -2.15. The summed E-state index contributed by atoms with van der Waals surface area (Å²) in [6, 6.07) is 17.7. The molecule has 8 heteroatoms. The Morgan fingerprint density at radius 2 is 1.56 bits per heavy atom. The fraction of sp³-hybridized carbons (Fsp3) is 0.308. The van der Waals surface area contributed by atoms with Gasteiger partial charge in [0, 0.05) is 42.9 Å². The van der Waals surface area contributed by atoms with Crippen LogP contribution < -0.4 is 14.8 Å². The van der Waals surface area contributed by atoms with E-state index in [0.717, 1.165) is 22.6 Å².